The first-order valence-electron chi connectivity index (χ1n) is 8.56. The van der Waals surface area contributed by atoms with Crippen molar-refractivity contribution in [3.05, 3.63) is 29.8 Å². The fraction of sp³-hybridized carbons (Fsp3) is 0.611. The van der Waals surface area contributed by atoms with Gasteiger partial charge in [0, 0.05) is 24.7 Å². The molecule has 1 saturated heterocycles. The van der Waals surface area contributed by atoms with Crippen molar-refractivity contribution < 1.29 is 26.9 Å². The second kappa shape index (κ2) is 7.68. The smallest absolute Gasteiger partial charge is 0.381 e. The second-order valence-electron chi connectivity index (χ2n) is 7.43. The maximum atomic E-state index is 13.3. The fourth-order valence-electron chi connectivity index (χ4n) is 2.92. The van der Waals surface area contributed by atoms with Crippen LogP contribution < -0.4 is 5.32 Å². The number of halogens is 3. The van der Waals surface area contributed by atoms with Crippen molar-refractivity contribution >= 4 is 21.5 Å². The molecule has 0 bridgehead atoms. The van der Waals surface area contributed by atoms with Crippen LogP contribution in [-0.4, -0.2) is 40.1 Å². The molecule has 0 spiro atoms. The van der Waals surface area contributed by atoms with E-state index in [1.807, 2.05) is 0 Å². The predicted octanol–water partition coefficient (Wildman–Crippen LogP) is 3.50. The summed E-state index contributed by atoms with van der Waals surface area (Å²) in [6.07, 6.45) is -1.26. The third kappa shape index (κ3) is 4.85. The standard InChI is InChI=1S/C18H26F3NO3S/c1-17(2,26(3,24)12-13-7-9-25-10-8-13)16(23)22-15-6-4-5-14(11-15)18(19,20)21/h4-6,11,13,26H,7-10,12H2,1-3H3,(H,22,23). The molecule has 0 saturated carbocycles. The minimum absolute atomic E-state index is 0.0453. The Labute approximate surface area is 152 Å². The molecule has 8 heteroatoms. The first kappa shape index (κ1) is 20.9. The number of hydrogen-bond acceptors (Lipinski definition) is 3. The minimum Gasteiger partial charge on any atom is -0.381 e. The van der Waals surface area contributed by atoms with E-state index in [0.717, 1.165) is 25.0 Å². The Morgan fingerprint density at radius 3 is 2.46 bits per heavy atom. The van der Waals surface area contributed by atoms with Gasteiger partial charge >= 0.3 is 6.18 Å². The Bertz CT molecular complexity index is 697. The molecule has 1 N–H and O–H groups in total. The van der Waals surface area contributed by atoms with Gasteiger partial charge < -0.3 is 10.1 Å². The van der Waals surface area contributed by atoms with E-state index >= 15 is 0 Å². The fourth-order valence-corrected chi connectivity index (χ4v) is 5.21. The largest absolute Gasteiger partial charge is 0.416 e. The maximum Gasteiger partial charge on any atom is 0.416 e. The summed E-state index contributed by atoms with van der Waals surface area (Å²) in [4.78, 5) is 12.7. The molecule has 0 aliphatic carbocycles. The van der Waals surface area contributed by atoms with Crippen LogP contribution in [0.4, 0.5) is 18.9 Å². The Hall–Kier alpha value is -1.41. The van der Waals surface area contributed by atoms with Gasteiger partial charge in [0.05, 0.1) is 10.3 Å². The van der Waals surface area contributed by atoms with Crippen LogP contribution in [0, 0.1) is 5.92 Å². The van der Waals surface area contributed by atoms with Gasteiger partial charge in [0.2, 0.25) is 5.91 Å². The number of alkyl halides is 3. The molecule has 1 heterocycles. The third-order valence-electron chi connectivity index (χ3n) is 5.13. The highest BCUT2D eigenvalue weighted by Gasteiger charge is 2.40. The molecule has 1 aromatic carbocycles. The van der Waals surface area contributed by atoms with Gasteiger partial charge in [-0.2, -0.15) is 13.2 Å². The molecule has 1 aliphatic rings. The average Bonchev–Trinajstić information content (AvgIpc) is 2.54. The molecule has 1 aliphatic heterocycles. The summed E-state index contributed by atoms with van der Waals surface area (Å²) in [5.41, 5.74) is -0.793. The van der Waals surface area contributed by atoms with E-state index in [-0.39, 0.29) is 11.6 Å². The van der Waals surface area contributed by atoms with Gasteiger partial charge in [-0.25, -0.2) is 0 Å². The van der Waals surface area contributed by atoms with E-state index in [2.05, 4.69) is 5.32 Å². The normalized spacial score (nSPS) is 17.8. The zero-order valence-corrected chi connectivity index (χ0v) is 16.1. The van der Waals surface area contributed by atoms with Crippen molar-refractivity contribution in [1.29, 1.82) is 0 Å². The van der Waals surface area contributed by atoms with Gasteiger partial charge in [-0.1, -0.05) is 16.0 Å². The zero-order valence-electron chi connectivity index (χ0n) is 15.2. The molecule has 4 nitrogen and oxygen atoms in total. The topological polar surface area (TPSA) is 55.4 Å². The predicted molar refractivity (Wildman–Crippen MR) is 98.0 cm³/mol. The lowest BCUT2D eigenvalue weighted by Crippen LogP contribution is -2.50. The SMILES string of the molecule is CC(C)(C(=O)Nc1cccc(C(F)(F)F)c1)[SH](C)(=O)CC1CCOCC1. The van der Waals surface area contributed by atoms with E-state index < -0.39 is 32.3 Å². The second-order valence-corrected chi connectivity index (χ2v) is 11.1. The van der Waals surface area contributed by atoms with Crippen LogP contribution in [0.1, 0.15) is 32.3 Å². The number of ether oxygens (including phenoxy) is 1. The zero-order chi connectivity index (χ0) is 19.6. The van der Waals surface area contributed by atoms with Crippen LogP contribution in [0.5, 0.6) is 0 Å². The van der Waals surface area contributed by atoms with E-state index in [0.29, 0.717) is 19.0 Å². The molecule has 0 unspecified atom stereocenters. The Balaban J connectivity index is 2.12. The summed E-state index contributed by atoms with van der Waals surface area (Å²) in [6, 6.07) is 4.45. The lowest BCUT2D eigenvalue weighted by molar-refractivity contribution is -0.137. The number of nitrogens with one attached hydrogen (secondary N) is 1. The lowest BCUT2D eigenvalue weighted by atomic mass is 10.0. The molecule has 2 rings (SSSR count). The van der Waals surface area contributed by atoms with Crippen molar-refractivity contribution in [3.63, 3.8) is 0 Å². The van der Waals surface area contributed by atoms with Crippen molar-refractivity contribution in [3.8, 4) is 0 Å². The van der Waals surface area contributed by atoms with Crippen LogP contribution >= 0.6 is 0 Å². The molecule has 0 aromatic heterocycles. The Morgan fingerprint density at radius 1 is 1.27 bits per heavy atom. The summed E-state index contributed by atoms with van der Waals surface area (Å²) in [7, 11) is -2.89. The van der Waals surface area contributed by atoms with Crippen molar-refractivity contribution in [2.45, 2.75) is 37.6 Å². The highest BCUT2D eigenvalue weighted by Crippen LogP contribution is 2.32. The first-order valence-corrected chi connectivity index (χ1v) is 10.9. The van der Waals surface area contributed by atoms with Gasteiger partial charge in [0.15, 0.2) is 0 Å². The molecule has 148 valence electrons. The van der Waals surface area contributed by atoms with E-state index in [4.69, 9.17) is 4.74 Å². The van der Waals surface area contributed by atoms with Gasteiger partial charge in [-0.05, 0) is 57.1 Å². The molecule has 26 heavy (non-hydrogen) atoms. The van der Waals surface area contributed by atoms with E-state index in [1.54, 1.807) is 20.1 Å². The number of carbonyl (C=O) groups excluding carboxylic acids is 1. The Kier molecular flexibility index (Phi) is 6.17. The number of benzene rings is 1. The third-order valence-corrected chi connectivity index (χ3v) is 8.91. The van der Waals surface area contributed by atoms with Gasteiger partial charge in [0.1, 0.15) is 0 Å². The van der Waals surface area contributed by atoms with Crippen LogP contribution in [-0.2, 0) is 25.6 Å². The highest BCUT2D eigenvalue weighted by molar-refractivity contribution is 8.04. The number of rotatable bonds is 5. The first-order chi connectivity index (χ1) is 11.9. The maximum absolute atomic E-state index is 13.3. The monoisotopic (exact) mass is 393 g/mol. The molecule has 1 aromatic rings. The molecule has 0 atom stereocenters. The highest BCUT2D eigenvalue weighted by atomic mass is 32.2. The van der Waals surface area contributed by atoms with Crippen LogP contribution in [0.2, 0.25) is 0 Å². The molecule has 0 radical (unpaired) electrons. The molecule has 1 amide bonds. The number of anilines is 1. The summed E-state index contributed by atoms with van der Waals surface area (Å²) in [5.74, 6) is 0.134. The average molecular weight is 393 g/mol. The summed E-state index contributed by atoms with van der Waals surface area (Å²) in [6.45, 7) is 4.44. The molecular formula is C18H26F3NO3S. The van der Waals surface area contributed by atoms with Crippen molar-refractivity contribution in [2.75, 3.05) is 30.5 Å². The lowest BCUT2D eigenvalue weighted by Gasteiger charge is -2.38. The number of carbonyl (C=O) groups is 1. The molecule has 1 fully saturated rings. The number of thiol groups is 1. The van der Waals surface area contributed by atoms with Gasteiger partial charge in [-0.3, -0.25) is 9.00 Å². The quantitative estimate of drug-likeness (QED) is 0.753. The van der Waals surface area contributed by atoms with Gasteiger partial charge in [0.25, 0.3) is 0 Å². The molecular weight excluding hydrogens is 367 g/mol. The van der Waals surface area contributed by atoms with Gasteiger partial charge in [-0.15, -0.1) is 0 Å². The Morgan fingerprint density at radius 2 is 1.88 bits per heavy atom. The van der Waals surface area contributed by atoms with E-state index in [1.165, 1.54) is 12.1 Å². The van der Waals surface area contributed by atoms with E-state index in [9.17, 15) is 22.2 Å². The van der Waals surface area contributed by atoms with Crippen LogP contribution in [0.15, 0.2) is 24.3 Å². The van der Waals surface area contributed by atoms with Crippen LogP contribution in [0.3, 0.4) is 0 Å². The minimum atomic E-state index is -4.49. The number of amides is 1. The summed E-state index contributed by atoms with van der Waals surface area (Å²) >= 11 is 0. The van der Waals surface area contributed by atoms with Crippen LogP contribution in [0.25, 0.3) is 0 Å². The summed E-state index contributed by atoms with van der Waals surface area (Å²) in [5, 5.41) is 2.50. The van der Waals surface area contributed by atoms with Crippen molar-refractivity contribution in [1.82, 2.24) is 0 Å². The van der Waals surface area contributed by atoms with Crippen molar-refractivity contribution in [2.24, 2.45) is 5.92 Å². The number of hydrogen-bond donors (Lipinski definition) is 2. The summed E-state index contributed by atoms with van der Waals surface area (Å²) < 4.78 is 55.9.